The standard InChI is InChI=1S/C21H29N3O3/c1-14(2)10-12-27-18-8-7-17(13-19(18)26-4)21(25)23-20-9-11-22-24(20)15(3)16-5-6-16/h7-9,11,13-16H,5-6,10,12H2,1-4H3,(H,23,25). The molecule has 1 unspecified atom stereocenters. The van der Waals surface area contributed by atoms with Crippen LogP contribution in [0.5, 0.6) is 11.5 Å². The van der Waals surface area contributed by atoms with Crippen LogP contribution in [0, 0.1) is 11.8 Å². The van der Waals surface area contributed by atoms with E-state index in [4.69, 9.17) is 9.47 Å². The van der Waals surface area contributed by atoms with Crippen molar-refractivity contribution < 1.29 is 14.3 Å². The zero-order chi connectivity index (χ0) is 19.4. The Labute approximate surface area is 160 Å². The highest BCUT2D eigenvalue weighted by molar-refractivity contribution is 6.04. The molecule has 6 nitrogen and oxygen atoms in total. The first-order valence-corrected chi connectivity index (χ1v) is 9.65. The molecule has 0 bridgehead atoms. The zero-order valence-corrected chi connectivity index (χ0v) is 16.6. The summed E-state index contributed by atoms with van der Waals surface area (Å²) in [5.41, 5.74) is 0.523. The molecular weight excluding hydrogens is 342 g/mol. The SMILES string of the molecule is COc1cc(C(=O)Nc2ccnn2C(C)C2CC2)ccc1OCCC(C)C. The minimum Gasteiger partial charge on any atom is -0.493 e. The van der Waals surface area contributed by atoms with Crippen LogP contribution in [0.2, 0.25) is 0 Å². The Morgan fingerprint density at radius 3 is 2.70 bits per heavy atom. The van der Waals surface area contributed by atoms with Crippen LogP contribution >= 0.6 is 0 Å². The lowest BCUT2D eigenvalue weighted by molar-refractivity contribution is 0.102. The fraction of sp³-hybridized carbons (Fsp3) is 0.524. The second-order valence-corrected chi connectivity index (χ2v) is 7.59. The van der Waals surface area contributed by atoms with Crippen LogP contribution in [0.25, 0.3) is 0 Å². The number of amides is 1. The summed E-state index contributed by atoms with van der Waals surface area (Å²) >= 11 is 0. The van der Waals surface area contributed by atoms with Gasteiger partial charge in [0.15, 0.2) is 11.5 Å². The average molecular weight is 371 g/mol. The molecule has 1 aliphatic rings. The molecular formula is C21H29N3O3. The summed E-state index contributed by atoms with van der Waals surface area (Å²) in [6, 6.07) is 7.38. The summed E-state index contributed by atoms with van der Waals surface area (Å²) in [7, 11) is 1.58. The largest absolute Gasteiger partial charge is 0.493 e. The number of hydrogen-bond donors (Lipinski definition) is 1. The number of carbonyl (C=O) groups excluding carboxylic acids is 1. The number of carbonyl (C=O) groups is 1. The van der Waals surface area contributed by atoms with Crippen molar-refractivity contribution in [2.24, 2.45) is 11.8 Å². The molecule has 146 valence electrons. The van der Waals surface area contributed by atoms with Gasteiger partial charge in [-0.2, -0.15) is 5.10 Å². The second kappa shape index (κ2) is 8.46. The molecule has 1 N–H and O–H groups in total. The normalized spacial score (nSPS) is 14.9. The molecule has 1 aromatic carbocycles. The molecule has 1 aromatic heterocycles. The lowest BCUT2D eigenvalue weighted by atomic mass is 10.1. The molecule has 2 aromatic rings. The molecule has 1 fully saturated rings. The van der Waals surface area contributed by atoms with Gasteiger partial charge in [-0.15, -0.1) is 0 Å². The third kappa shape index (κ3) is 4.81. The van der Waals surface area contributed by atoms with Crippen molar-refractivity contribution in [2.75, 3.05) is 19.0 Å². The highest BCUT2D eigenvalue weighted by Gasteiger charge is 2.30. The van der Waals surface area contributed by atoms with Crippen LogP contribution in [-0.4, -0.2) is 29.4 Å². The first-order valence-electron chi connectivity index (χ1n) is 9.65. The molecule has 1 aliphatic carbocycles. The smallest absolute Gasteiger partial charge is 0.256 e. The van der Waals surface area contributed by atoms with Gasteiger partial charge in [0, 0.05) is 11.6 Å². The Morgan fingerprint density at radius 1 is 1.26 bits per heavy atom. The zero-order valence-electron chi connectivity index (χ0n) is 16.6. The van der Waals surface area contributed by atoms with Gasteiger partial charge in [-0.05, 0) is 56.2 Å². The lowest BCUT2D eigenvalue weighted by Crippen LogP contribution is -2.18. The third-order valence-electron chi connectivity index (χ3n) is 4.98. The maximum atomic E-state index is 12.7. The number of rotatable bonds is 9. The summed E-state index contributed by atoms with van der Waals surface area (Å²) < 4.78 is 13.1. The van der Waals surface area contributed by atoms with Crippen molar-refractivity contribution in [3.05, 3.63) is 36.0 Å². The molecule has 3 rings (SSSR count). The number of aromatic nitrogens is 2. The molecule has 0 spiro atoms. The van der Waals surface area contributed by atoms with Crippen molar-refractivity contribution in [2.45, 2.75) is 46.1 Å². The number of anilines is 1. The van der Waals surface area contributed by atoms with E-state index in [0.29, 0.717) is 41.5 Å². The highest BCUT2D eigenvalue weighted by atomic mass is 16.5. The van der Waals surface area contributed by atoms with Crippen molar-refractivity contribution >= 4 is 11.7 Å². The Balaban J connectivity index is 1.69. The van der Waals surface area contributed by atoms with Crippen molar-refractivity contribution in [3.8, 4) is 11.5 Å². The monoisotopic (exact) mass is 371 g/mol. The number of nitrogens with one attached hydrogen (secondary N) is 1. The Bertz CT molecular complexity index is 781. The van der Waals surface area contributed by atoms with Gasteiger partial charge >= 0.3 is 0 Å². The van der Waals surface area contributed by atoms with E-state index < -0.39 is 0 Å². The van der Waals surface area contributed by atoms with Crippen LogP contribution < -0.4 is 14.8 Å². The number of hydrogen-bond acceptors (Lipinski definition) is 4. The topological polar surface area (TPSA) is 65.4 Å². The number of methoxy groups -OCH3 is 1. The molecule has 27 heavy (non-hydrogen) atoms. The Morgan fingerprint density at radius 2 is 2.04 bits per heavy atom. The van der Waals surface area contributed by atoms with Crippen molar-refractivity contribution in [1.29, 1.82) is 0 Å². The third-order valence-corrected chi connectivity index (χ3v) is 4.98. The van der Waals surface area contributed by atoms with Gasteiger partial charge in [0.25, 0.3) is 5.91 Å². The van der Waals surface area contributed by atoms with Crippen molar-refractivity contribution in [3.63, 3.8) is 0 Å². The first kappa shape index (κ1) is 19.3. The molecule has 1 amide bonds. The van der Waals surface area contributed by atoms with E-state index >= 15 is 0 Å². The fourth-order valence-corrected chi connectivity index (χ4v) is 3.04. The summed E-state index contributed by atoms with van der Waals surface area (Å²) in [6.45, 7) is 7.08. The molecule has 0 saturated heterocycles. The minimum atomic E-state index is -0.188. The molecule has 1 heterocycles. The van der Waals surface area contributed by atoms with Crippen LogP contribution in [0.15, 0.2) is 30.5 Å². The van der Waals surface area contributed by atoms with Gasteiger partial charge in [0.1, 0.15) is 5.82 Å². The maximum Gasteiger partial charge on any atom is 0.256 e. The second-order valence-electron chi connectivity index (χ2n) is 7.59. The molecule has 6 heteroatoms. The number of benzene rings is 1. The van der Waals surface area contributed by atoms with Crippen molar-refractivity contribution in [1.82, 2.24) is 9.78 Å². The number of nitrogens with zero attached hydrogens (tertiary/aromatic N) is 2. The molecule has 0 aliphatic heterocycles. The first-order chi connectivity index (χ1) is 13.0. The summed E-state index contributed by atoms with van der Waals surface area (Å²) in [5.74, 6) is 2.97. The van der Waals surface area contributed by atoms with E-state index in [1.54, 1.807) is 31.5 Å². The van der Waals surface area contributed by atoms with Gasteiger partial charge in [0.05, 0.1) is 26.0 Å². The van der Waals surface area contributed by atoms with Gasteiger partial charge in [-0.3, -0.25) is 4.79 Å². The summed E-state index contributed by atoms with van der Waals surface area (Å²) in [6.07, 6.45) is 5.14. The van der Waals surface area contributed by atoms with Crippen LogP contribution in [0.4, 0.5) is 5.82 Å². The summed E-state index contributed by atoms with van der Waals surface area (Å²) in [4.78, 5) is 12.7. The number of ether oxygens (including phenoxy) is 2. The lowest BCUT2D eigenvalue weighted by Gasteiger charge is -2.16. The molecule has 1 atom stereocenters. The summed E-state index contributed by atoms with van der Waals surface area (Å²) in [5, 5.41) is 7.34. The van der Waals surface area contributed by atoms with Gasteiger partial charge in [-0.25, -0.2) is 4.68 Å². The molecule has 1 saturated carbocycles. The fourth-order valence-electron chi connectivity index (χ4n) is 3.04. The van der Waals surface area contributed by atoms with Gasteiger partial charge in [-0.1, -0.05) is 13.8 Å². The molecule has 0 radical (unpaired) electrons. The quantitative estimate of drug-likeness (QED) is 0.703. The van der Waals surface area contributed by atoms with E-state index in [1.807, 2.05) is 10.7 Å². The van der Waals surface area contributed by atoms with Gasteiger partial charge < -0.3 is 14.8 Å². The van der Waals surface area contributed by atoms with E-state index in [1.165, 1.54) is 12.8 Å². The maximum absolute atomic E-state index is 12.7. The Hall–Kier alpha value is -2.50. The van der Waals surface area contributed by atoms with E-state index in [-0.39, 0.29) is 5.91 Å². The van der Waals surface area contributed by atoms with Gasteiger partial charge in [0.2, 0.25) is 0 Å². The van der Waals surface area contributed by atoms with Crippen LogP contribution in [0.3, 0.4) is 0 Å². The predicted molar refractivity (Wildman–Crippen MR) is 106 cm³/mol. The van der Waals surface area contributed by atoms with Crippen LogP contribution in [0.1, 0.15) is 56.4 Å². The van der Waals surface area contributed by atoms with Crippen LogP contribution in [-0.2, 0) is 0 Å². The Kier molecular flexibility index (Phi) is 6.04. The average Bonchev–Trinajstić information content (AvgIpc) is 3.40. The predicted octanol–water partition coefficient (Wildman–Crippen LogP) is 4.54. The minimum absolute atomic E-state index is 0.188. The van der Waals surface area contributed by atoms with E-state index in [2.05, 4.69) is 31.2 Å². The van der Waals surface area contributed by atoms with E-state index in [9.17, 15) is 4.79 Å². The highest BCUT2D eigenvalue weighted by Crippen LogP contribution is 2.40. The van der Waals surface area contributed by atoms with E-state index in [0.717, 1.165) is 12.2 Å².